The van der Waals surface area contributed by atoms with Crippen LogP contribution in [0.4, 0.5) is 0 Å². The molecule has 0 aromatic rings. The summed E-state index contributed by atoms with van der Waals surface area (Å²) in [5.41, 5.74) is 5.72. The Labute approximate surface area is 89.0 Å². The van der Waals surface area contributed by atoms with E-state index in [1.54, 1.807) is 0 Å². The summed E-state index contributed by atoms with van der Waals surface area (Å²) in [5, 5.41) is 3.11. The van der Waals surface area contributed by atoms with Crippen molar-refractivity contribution in [1.29, 1.82) is 0 Å². The van der Waals surface area contributed by atoms with Crippen molar-refractivity contribution in [3.05, 3.63) is 0 Å². The standard InChI is InChI=1S/C7H16N2.C4H11N/c1-2-9-5-3-7(8)4-6-9;1-3-5-4-2/h7H,2-6,8H2,1H3;5H,3-4H2,1-2H3. The van der Waals surface area contributed by atoms with Crippen LogP contribution in [0.5, 0.6) is 0 Å². The maximum Gasteiger partial charge on any atom is 0.00631 e. The van der Waals surface area contributed by atoms with Crippen molar-refractivity contribution in [3.8, 4) is 0 Å². The SMILES string of the molecule is CCN1CCC(N)CC1.CCNCC. The number of hydrogen-bond donors (Lipinski definition) is 2. The van der Waals surface area contributed by atoms with E-state index in [0.717, 1.165) is 13.1 Å². The molecule has 0 unspecified atom stereocenters. The third-order valence-corrected chi connectivity index (χ3v) is 2.58. The second kappa shape index (κ2) is 9.44. The van der Waals surface area contributed by atoms with Crippen LogP contribution in [0.3, 0.4) is 0 Å². The molecule has 0 aliphatic carbocycles. The number of hydrogen-bond acceptors (Lipinski definition) is 3. The van der Waals surface area contributed by atoms with E-state index in [0.29, 0.717) is 6.04 Å². The van der Waals surface area contributed by atoms with Crippen molar-refractivity contribution < 1.29 is 0 Å². The first-order valence-electron chi connectivity index (χ1n) is 5.93. The number of piperidine rings is 1. The molecule has 86 valence electrons. The van der Waals surface area contributed by atoms with Gasteiger partial charge in [-0.3, -0.25) is 0 Å². The van der Waals surface area contributed by atoms with Gasteiger partial charge >= 0.3 is 0 Å². The highest BCUT2D eigenvalue weighted by Gasteiger charge is 2.13. The van der Waals surface area contributed by atoms with Crippen molar-refractivity contribution in [3.63, 3.8) is 0 Å². The third kappa shape index (κ3) is 7.30. The summed E-state index contributed by atoms with van der Waals surface area (Å²) in [6, 6.07) is 0.479. The summed E-state index contributed by atoms with van der Waals surface area (Å²) in [6.45, 7) is 12.2. The number of likely N-dealkylation sites (tertiary alicyclic amines) is 1. The highest BCUT2D eigenvalue weighted by atomic mass is 15.1. The zero-order valence-electron chi connectivity index (χ0n) is 10.1. The molecule has 0 bridgehead atoms. The highest BCUT2D eigenvalue weighted by Crippen LogP contribution is 2.06. The van der Waals surface area contributed by atoms with Gasteiger partial charge in [-0.25, -0.2) is 0 Å². The highest BCUT2D eigenvalue weighted by molar-refractivity contribution is 4.72. The second-order valence-electron chi connectivity index (χ2n) is 3.73. The fraction of sp³-hybridized carbons (Fsp3) is 1.00. The molecule has 0 radical (unpaired) electrons. The average Bonchev–Trinajstić information content (AvgIpc) is 2.21. The monoisotopic (exact) mass is 201 g/mol. The van der Waals surface area contributed by atoms with Gasteiger partial charge in [0.25, 0.3) is 0 Å². The van der Waals surface area contributed by atoms with Gasteiger partial charge in [-0.05, 0) is 45.6 Å². The summed E-state index contributed by atoms with van der Waals surface area (Å²) >= 11 is 0. The van der Waals surface area contributed by atoms with E-state index in [1.165, 1.54) is 32.5 Å². The predicted molar refractivity (Wildman–Crippen MR) is 63.5 cm³/mol. The van der Waals surface area contributed by atoms with Gasteiger partial charge in [-0.1, -0.05) is 20.8 Å². The normalized spacial score (nSPS) is 18.9. The van der Waals surface area contributed by atoms with Crippen LogP contribution in [0.15, 0.2) is 0 Å². The van der Waals surface area contributed by atoms with E-state index in [9.17, 15) is 0 Å². The van der Waals surface area contributed by atoms with Gasteiger partial charge < -0.3 is 16.0 Å². The molecule has 1 aliphatic heterocycles. The van der Waals surface area contributed by atoms with Crippen LogP contribution in [0.1, 0.15) is 33.6 Å². The lowest BCUT2D eigenvalue weighted by Crippen LogP contribution is -2.39. The van der Waals surface area contributed by atoms with Gasteiger partial charge in [0.2, 0.25) is 0 Å². The van der Waals surface area contributed by atoms with Crippen molar-refractivity contribution in [1.82, 2.24) is 10.2 Å². The summed E-state index contributed by atoms with van der Waals surface area (Å²) in [7, 11) is 0. The van der Waals surface area contributed by atoms with Gasteiger partial charge in [0, 0.05) is 6.04 Å². The number of nitrogens with one attached hydrogen (secondary N) is 1. The van der Waals surface area contributed by atoms with E-state index in [1.807, 2.05) is 0 Å². The molecule has 0 aromatic carbocycles. The Bertz CT molecular complexity index is 107. The Balaban J connectivity index is 0.000000292. The smallest absolute Gasteiger partial charge is 0.00631 e. The molecule has 1 aliphatic rings. The molecular weight excluding hydrogens is 174 g/mol. The van der Waals surface area contributed by atoms with Crippen LogP contribution < -0.4 is 11.1 Å². The fourth-order valence-electron chi connectivity index (χ4n) is 1.52. The molecule has 0 aromatic heterocycles. The first kappa shape index (κ1) is 13.9. The van der Waals surface area contributed by atoms with Crippen molar-refractivity contribution in [2.45, 2.75) is 39.7 Å². The van der Waals surface area contributed by atoms with Crippen LogP contribution in [0.25, 0.3) is 0 Å². The molecule has 1 saturated heterocycles. The van der Waals surface area contributed by atoms with Crippen molar-refractivity contribution >= 4 is 0 Å². The van der Waals surface area contributed by atoms with Crippen LogP contribution in [0.2, 0.25) is 0 Å². The minimum Gasteiger partial charge on any atom is -0.328 e. The summed E-state index contributed by atoms with van der Waals surface area (Å²) < 4.78 is 0. The average molecular weight is 201 g/mol. The van der Waals surface area contributed by atoms with Crippen molar-refractivity contribution in [2.24, 2.45) is 5.73 Å². The van der Waals surface area contributed by atoms with Gasteiger partial charge in [-0.15, -0.1) is 0 Å². The fourth-order valence-corrected chi connectivity index (χ4v) is 1.52. The summed E-state index contributed by atoms with van der Waals surface area (Å²) in [6.07, 6.45) is 2.38. The lowest BCUT2D eigenvalue weighted by atomic mass is 10.1. The van der Waals surface area contributed by atoms with Crippen LogP contribution in [-0.4, -0.2) is 43.7 Å². The lowest BCUT2D eigenvalue weighted by Gasteiger charge is -2.28. The maximum atomic E-state index is 5.72. The zero-order chi connectivity index (χ0) is 10.8. The molecule has 0 saturated carbocycles. The van der Waals surface area contributed by atoms with Crippen LogP contribution >= 0.6 is 0 Å². The third-order valence-electron chi connectivity index (χ3n) is 2.58. The number of nitrogens with two attached hydrogens (primary N) is 1. The quantitative estimate of drug-likeness (QED) is 0.717. The van der Waals surface area contributed by atoms with Crippen molar-refractivity contribution in [2.75, 3.05) is 32.7 Å². The molecule has 14 heavy (non-hydrogen) atoms. The zero-order valence-corrected chi connectivity index (χ0v) is 10.1. The molecule has 3 heteroatoms. The molecule has 0 atom stereocenters. The topological polar surface area (TPSA) is 41.3 Å². The minimum absolute atomic E-state index is 0.479. The molecule has 1 rings (SSSR count). The largest absolute Gasteiger partial charge is 0.328 e. The van der Waals surface area contributed by atoms with Gasteiger partial charge in [0.05, 0.1) is 0 Å². The first-order valence-corrected chi connectivity index (χ1v) is 5.93. The van der Waals surface area contributed by atoms with Gasteiger partial charge in [0.15, 0.2) is 0 Å². The Hall–Kier alpha value is -0.120. The number of rotatable bonds is 3. The molecular formula is C11H27N3. The molecule has 3 nitrogen and oxygen atoms in total. The van der Waals surface area contributed by atoms with Crippen LogP contribution in [-0.2, 0) is 0 Å². The first-order chi connectivity index (χ1) is 6.74. The lowest BCUT2D eigenvalue weighted by molar-refractivity contribution is 0.223. The van der Waals surface area contributed by atoms with Gasteiger partial charge in [0.1, 0.15) is 0 Å². The molecule has 1 fully saturated rings. The van der Waals surface area contributed by atoms with E-state index < -0.39 is 0 Å². The number of nitrogens with zero attached hydrogens (tertiary/aromatic N) is 1. The van der Waals surface area contributed by atoms with E-state index in [-0.39, 0.29) is 0 Å². The molecule has 0 amide bonds. The summed E-state index contributed by atoms with van der Waals surface area (Å²) in [5.74, 6) is 0. The van der Waals surface area contributed by atoms with E-state index in [2.05, 4.69) is 31.0 Å². The van der Waals surface area contributed by atoms with E-state index in [4.69, 9.17) is 5.73 Å². The minimum atomic E-state index is 0.479. The Morgan fingerprint density at radius 2 is 1.64 bits per heavy atom. The molecule has 1 heterocycles. The maximum absolute atomic E-state index is 5.72. The van der Waals surface area contributed by atoms with E-state index >= 15 is 0 Å². The van der Waals surface area contributed by atoms with Crippen LogP contribution in [0, 0.1) is 0 Å². The molecule has 0 spiro atoms. The summed E-state index contributed by atoms with van der Waals surface area (Å²) in [4.78, 5) is 2.45. The Kier molecular flexibility index (Phi) is 9.35. The Morgan fingerprint density at radius 1 is 1.14 bits per heavy atom. The Morgan fingerprint density at radius 3 is 1.93 bits per heavy atom. The molecule has 3 N–H and O–H groups in total. The predicted octanol–water partition coefficient (Wildman–Crippen LogP) is 1.05. The second-order valence-corrected chi connectivity index (χ2v) is 3.73. The van der Waals surface area contributed by atoms with Gasteiger partial charge in [-0.2, -0.15) is 0 Å².